The number of nitrogens with one attached hydrogen (secondary N) is 1. The van der Waals surface area contributed by atoms with Crippen LogP contribution in [0.5, 0.6) is 0 Å². The Morgan fingerprint density at radius 1 is 1.09 bits per heavy atom. The second-order valence-corrected chi connectivity index (χ2v) is 9.69. The Morgan fingerprint density at radius 2 is 1.75 bits per heavy atom. The molecule has 32 heavy (non-hydrogen) atoms. The van der Waals surface area contributed by atoms with Crippen molar-refractivity contribution in [3.05, 3.63) is 34.9 Å². The average molecular weight is 464 g/mol. The Labute approximate surface area is 195 Å². The van der Waals surface area contributed by atoms with Crippen molar-refractivity contribution >= 4 is 29.5 Å². The van der Waals surface area contributed by atoms with Gasteiger partial charge in [-0.1, -0.05) is 56.8 Å². The third-order valence-corrected chi connectivity index (χ3v) is 6.79. The van der Waals surface area contributed by atoms with Gasteiger partial charge in [0.05, 0.1) is 6.04 Å². The predicted molar refractivity (Wildman–Crippen MR) is 124 cm³/mol. The minimum Gasteiger partial charge on any atom is -0.465 e. The van der Waals surface area contributed by atoms with Gasteiger partial charge < -0.3 is 20.2 Å². The van der Waals surface area contributed by atoms with E-state index in [-0.39, 0.29) is 36.2 Å². The molecule has 1 saturated carbocycles. The van der Waals surface area contributed by atoms with E-state index in [0.29, 0.717) is 18.1 Å². The smallest absolute Gasteiger partial charge is 0.405 e. The molecule has 1 saturated heterocycles. The molecule has 8 heteroatoms. The number of rotatable bonds is 7. The van der Waals surface area contributed by atoms with Gasteiger partial charge in [-0.05, 0) is 37.0 Å². The third kappa shape index (κ3) is 6.15. The van der Waals surface area contributed by atoms with Crippen LogP contribution in [0.1, 0.15) is 57.9 Å². The molecular formula is C24H34ClN3O4. The molecule has 0 spiro atoms. The van der Waals surface area contributed by atoms with E-state index in [9.17, 15) is 19.5 Å². The van der Waals surface area contributed by atoms with Crippen molar-refractivity contribution < 1.29 is 19.5 Å². The van der Waals surface area contributed by atoms with Crippen molar-refractivity contribution in [3.63, 3.8) is 0 Å². The summed E-state index contributed by atoms with van der Waals surface area (Å²) < 4.78 is 0. The fourth-order valence-corrected chi connectivity index (χ4v) is 5.04. The fraction of sp³-hybridized carbons (Fsp3) is 0.625. The van der Waals surface area contributed by atoms with Crippen molar-refractivity contribution in [2.45, 2.75) is 76.9 Å². The number of amides is 3. The molecule has 0 bridgehead atoms. The van der Waals surface area contributed by atoms with Crippen LogP contribution in [-0.2, 0) is 16.0 Å². The normalized spacial score (nSPS) is 20.2. The summed E-state index contributed by atoms with van der Waals surface area (Å²) in [5.41, 5.74) is 0.830. The Bertz CT molecular complexity index is 808. The number of carbonyl (C=O) groups is 3. The van der Waals surface area contributed by atoms with Gasteiger partial charge >= 0.3 is 6.09 Å². The number of carbonyl (C=O) groups excluding carboxylic acids is 2. The van der Waals surface area contributed by atoms with Crippen LogP contribution in [0, 0.1) is 5.92 Å². The number of hydrogen-bond acceptors (Lipinski definition) is 3. The minimum atomic E-state index is -1.23. The van der Waals surface area contributed by atoms with Crippen molar-refractivity contribution in [2.24, 2.45) is 5.92 Å². The Balaban J connectivity index is 1.72. The van der Waals surface area contributed by atoms with E-state index < -0.39 is 12.1 Å². The molecule has 1 aromatic rings. The highest BCUT2D eigenvalue weighted by atomic mass is 35.5. The summed E-state index contributed by atoms with van der Waals surface area (Å²) in [5.74, 6) is -0.184. The molecule has 1 aliphatic carbocycles. The summed E-state index contributed by atoms with van der Waals surface area (Å²) in [6, 6.07) is 6.39. The molecule has 3 amide bonds. The van der Waals surface area contributed by atoms with Crippen molar-refractivity contribution in [2.75, 3.05) is 13.1 Å². The monoisotopic (exact) mass is 463 g/mol. The first-order valence-corrected chi connectivity index (χ1v) is 12.0. The molecule has 0 radical (unpaired) electrons. The molecule has 1 heterocycles. The number of nitrogens with zero attached hydrogens (tertiary/aromatic N) is 2. The first-order chi connectivity index (χ1) is 15.3. The number of halogens is 1. The molecular weight excluding hydrogens is 430 g/mol. The fourth-order valence-electron chi connectivity index (χ4n) is 4.91. The zero-order valence-electron chi connectivity index (χ0n) is 18.9. The van der Waals surface area contributed by atoms with Crippen LogP contribution in [0.4, 0.5) is 4.79 Å². The molecule has 2 aliphatic rings. The summed E-state index contributed by atoms with van der Waals surface area (Å²) in [7, 11) is 0. The van der Waals surface area contributed by atoms with Gasteiger partial charge in [-0.3, -0.25) is 9.59 Å². The zero-order valence-corrected chi connectivity index (χ0v) is 19.7. The number of likely N-dealkylation sites (tertiary alicyclic amines) is 1. The average Bonchev–Trinajstić information content (AvgIpc) is 3.24. The topological polar surface area (TPSA) is 90.0 Å². The van der Waals surface area contributed by atoms with Crippen molar-refractivity contribution in [1.82, 2.24) is 15.1 Å². The van der Waals surface area contributed by atoms with Crippen LogP contribution in [0.25, 0.3) is 0 Å². The maximum Gasteiger partial charge on any atom is 0.405 e. The standard InChI is InChI=1S/C24H34ClN3O4/c1-16(2)22(29)28(19-6-4-3-5-7-19)20-12-13-27(15-20)23(30)21(26-24(31)32)14-17-8-10-18(25)11-9-17/h8-11,16,19-21,26H,3-7,12-15H2,1-2H3,(H,31,32)/t20-,21?/m0/s1. The van der Waals surface area contributed by atoms with Crippen molar-refractivity contribution in [1.29, 1.82) is 0 Å². The second kappa shape index (κ2) is 11.0. The van der Waals surface area contributed by atoms with Gasteiger partial charge in [0.25, 0.3) is 0 Å². The van der Waals surface area contributed by atoms with Crippen LogP contribution in [0.2, 0.25) is 5.02 Å². The van der Waals surface area contributed by atoms with Crippen LogP contribution < -0.4 is 5.32 Å². The predicted octanol–water partition coefficient (Wildman–Crippen LogP) is 3.94. The lowest BCUT2D eigenvalue weighted by Crippen LogP contribution is -2.52. The number of hydrogen-bond donors (Lipinski definition) is 2. The van der Waals surface area contributed by atoms with Gasteiger partial charge in [-0.15, -0.1) is 0 Å². The van der Waals surface area contributed by atoms with Crippen LogP contribution in [-0.4, -0.2) is 64.0 Å². The van der Waals surface area contributed by atoms with E-state index in [1.165, 1.54) is 6.42 Å². The number of benzene rings is 1. The van der Waals surface area contributed by atoms with E-state index in [0.717, 1.165) is 37.7 Å². The third-order valence-electron chi connectivity index (χ3n) is 6.53. The SMILES string of the molecule is CC(C)C(=O)N(C1CCCCC1)[C@H]1CCN(C(=O)C(Cc2ccc(Cl)cc2)NC(=O)O)C1. The quantitative estimate of drug-likeness (QED) is 0.640. The van der Waals surface area contributed by atoms with Crippen molar-refractivity contribution in [3.8, 4) is 0 Å². The highest BCUT2D eigenvalue weighted by Gasteiger charge is 2.39. The van der Waals surface area contributed by atoms with Gasteiger partial charge in [0.15, 0.2) is 0 Å². The molecule has 2 fully saturated rings. The highest BCUT2D eigenvalue weighted by molar-refractivity contribution is 6.30. The number of carboxylic acid groups (broad SMARTS) is 1. The lowest BCUT2D eigenvalue weighted by Gasteiger charge is -2.39. The van der Waals surface area contributed by atoms with Gasteiger partial charge in [0.2, 0.25) is 11.8 Å². The summed E-state index contributed by atoms with van der Waals surface area (Å²) >= 11 is 5.94. The van der Waals surface area contributed by atoms with Gasteiger partial charge in [-0.2, -0.15) is 0 Å². The van der Waals surface area contributed by atoms with Crippen LogP contribution in [0.15, 0.2) is 24.3 Å². The van der Waals surface area contributed by atoms with E-state index >= 15 is 0 Å². The largest absolute Gasteiger partial charge is 0.465 e. The maximum atomic E-state index is 13.3. The Hall–Kier alpha value is -2.28. The van der Waals surface area contributed by atoms with Gasteiger partial charge in [0, 0.05) is 36.5 Å². The lowest BCUT2D eigenvalue weighted by atomic mass is 9.92. The molecule has 3 rings (SSSR count). The zero-order chi connectivity index (χ0) is 23.3. The van der Waals surface area contributed by atoms with E-state index in [1.54, 1.807) is 29.2 Å². The summed E-state index contributed by atoms with van der Waals surface area (Å²) in [6.07, 6.45) is 5.25. The van der Waals surface area contributed by atoms with E-state index in [4.69, 9.17) is 11.6 Å². The van der Waals surface area contributed by atoms with Gasteiger partial charge in [-0.25, -0.2) is 4.79 Å². The van der Waals surface area contributed by atoms with Gasteiger partial charge in [0.1, 0.15) is 6.04 Å². The molecule has 176 valence electrons. The molecule has 1 aromatic carbocycles. The molecule has 2 atom stereocenters. The highest BCUT2D eigenvalue weighted by Crippen LogP contribution is 2.29. The van der Waals surface area contributed by atoms with Crippen LogP contribution in [0.3, 0.4) is 0 Å². The first kappa shape index (κ1) is 24.4. The molecule has 2 N–H and O–H groups in total. The lowest BCUT2D eigenvalue weighted by molar-refractivity contribution is -0.141. The first-order valence-electron chi connectivity index (χ1n) is 11.6. The molecule has 1 aliphatic heterocycles. The summed E-state index contributed by atoms with van der Waals surface area (Å²) in [4.78, 5) is 41.5. The second-order valence-electron chi connectivity index (χ2n) is 9.25. The Kier molecular flexibility index (Phi) is 8.40. The summed E-state index contributed by atoms with van der Waals surface area (Å²) in [6.45, 7) is 4.83. The maximum absolute atomic E-state index is 13.3. The molecule has 0 aromatic heterocycles. The van der Waals surface area contributed by atoms with E-state index in [2.05, 4.69) is 10.2 Å². The Morgan fingerprint density at radius 3 is 2.34 bits per heavy atom. The minimum absolute atomic E-state index is 0.0158. The molecule has 1 unspecified atom stereocenters. The molecule has 7 nitrogen and oxygen atoms in total. The van der Waals surface area contributed by atoms with Crippen LogP contribution >= 0.6 is 11.6 Å². The van der Waals surface area contributed by atoms with E-state index in [1.807, 2.05) is 13.8 Å². The summed E-state index contributed by atoms with van der Waals surface area (Å²) in [5, 5.41) is 12.3.